The number of nitrogens with zero attached hydrogens (tertiary/aromatic N) is 4. The van der Waals surface area contributed by atoms with Crippen LogP contribution in [-0.4, -0.2) is 64.3 Å². The van der Waals surface area contributed by atoms with Crippen LogP contribution in [-0.2, 0) is 4.79 Å². The summed E-state index contributed by atoms with van der Waals surface area (Å²) in [7, 11) is 5.34. The molecule has 0 saturated carbocycles. The minimum Gasteiger partial charge on any atom is -0.496 e. The number of rotatable bonds is 13. The van der Waals surface area contributed by atoms with Gasteiger partial charge in [-0.15, -0.1) is 0 Å². The molecule has 0 spiro atoms. The fourth-order valence-corrected chi connectivity index (χ4v) is 4.37. The molecule has 1 aromatic carbocycles. The fourth-order valence-electron chi connectivity index (χ4n) is 4.37. The third-order valence-corrected chi connectivity index (χ3v) is 6.23. The molecule has 0 aliphatic carbocycles. The molecule has 0 aliphatic heterocycles. The van der Waals surface area contributed by atoms with Crippen LogP contribution in [0.1, 0.15) is 60.3 Å². The number of fused-ring (bicyclic) bond motifs is 1. The van der Waals surface area contributed by atoms with E-state index in [4.69, 9.17) is 9.15 Å². The Morgan fingerprint density at radius 1 is 1.16 bits per heavy atom. The summed E-state index contributed by atoms with van der Waals surface area (Å²) in [5.41, 5.74) is 3.46. The normalized spacial score (nSPS) is 12.1. The SMILES string of the molecule is COc1cc2nc(C)ccc2cc1-c1cnc([C@H](CCCCCC(=O)c2ncco2)NC(=O)CN(C)C)[nH]1. The lowest BCUT2D eigenvalue weighted by atomic mass is 10.0. The quantitative estimate of drug-likeness (QED) is 0.196. The second kappa shape index (κ2) is 12.5. The number of aromatic amines is 1. The van der Waals surface area contributed by atoms with Crippen molar-refractivity contribution in [2.24, 2.45) is 0 Å². The van der Waals surface area contributed by atoms with Gasteiger partial charge in [0.25, 0.3) is 5.89 Å². The molecule has 3 aromatic heterocycles. The summed E-state index contributed by atoms with van der Waals surface area (Å²) in [6.07, 6.45) is 8.04. The van der Waals surface area contributed by atoms with Gasteiger partial charge < -0.3 is 24.4 Å². The van der Waals surface area contributed by atoms with E-state index in [2.05, 4.69) is 25.3 Å². The second-order valence-electron chi connectivity index (χ2n) is 9.60. The van der Waals surface area contributed by atoms with Gasteiger partial charge in [-0.05, 0) is 46.0 Å². The number of amides is 1. The van der Waals surface area contributed by atoms with Crippen LogP contribution >= 0.6 is 0 Å². The first kappa shape index (κ1) is 27.0. The zero-order valence-electron chi connectivity index (χ0n) is 22.3. The van der Waals surface area contributed by atoms with Crippen molar-refractivity contribution >= 4 is 22.6 Å². The van der Waals surface area contributed by atoms with Gasteiger partial charge in [0.2, 0.25) is 11.7 Å². The Morgan fingerprint density at radius 3 is 2.74 bits per heavy atom. The predicted octanol–water partition coefficient (Wildman–Crippen LogP) is 4.48. The number of pyridine rings is 1. The predicted molar refractivity (Wildman–Crippen MR) is 144 cm³/mol. The average Bonchev–Trinajstić information content (AvgIpc) is 3.59. The molecule has 0 unspecified atom stereocenters. The Hall–Kier alpha value is -4.05. The number of likely N-dealkylation sites (N-methyl/N-ethyl adjacent to an activating group) is 1. The molecule has 0 radical (unpaired) electrons. The minimum atomic E-state index is -0.297. The van der Waals surface area contributed by atoms with Crippen molar-refractivity contribution in [3.8, 4) is 17.0 Å². The van der Waals surface area contributed by atoms with Crippen LogP contribution in [0.5, 0.6) is 5.75 Å². The lowest BCUT2D eigenvalue weighted by Crippen LogP contribution is -2.36. The highest BCUT2D eigenvalue weighted by molar-refractivity contribution is 5.91. The van der Waals surface area contributed by atoms with Crippen molar-refractivity contribution in [1.29, 1.82) is 0 Å². The maximum absolute atomic E-state index is 12.6. The van der Waals surface area contributed by atoms with E-state index in [1.54, 1.807) is 13.3 Å². The van der Waals surface area contributed by atoms with Crippen LogP contribution in [0.2, 0.25) is 0 Å². The van der Waals surface area contributed by atoms with E-state index < -0.39 is 0 Å². The van der Waals surface area contributed by atoms with Crippen LogP contribution < -0.4 is 10.1 Å². The molecular formula is C28H34N6O4. The number of methoxy groups -OCH3 is 1. The van der Waals surface area contributed by atoms with E-state index in [1.165, 1.54) is 12.5 Å². The number of carbonyl (C=O) groups is 2. The maximum Gasteiger partial charge on any atom is 0.263 e. The van der Waals surface area contributed by atoms with Crippen LogP contribution in [0.25, 0.3) is 22.2 Å². The summed E-state index contributed by atoms with van der Waals surface area (Å²) in [4.78, 5) is 43.1. The summed E-state index contributed by atoms with van der Waals surface area (Å²) >= 11 is 0. The molecule has 200 valence electrons. The van der Waals surface area contributed by atoms with Crippen molar-refractivity contribution < 1.29 is 18.7 Å². The number of H-pyrrole nitrogens is 1. The summed E-state index contributed by atoms with van der Waals surface area (Å²) in [5.74, 6) is 1.33. The highest BCUT2D eigenvalue weighted by Crippen LogP contribution is 2.33. The number of hydrogen-bond donors (Lipinski definition) is 2. The van der Waals surface area contributed by atoms with Gasteiger partial charge in [-0.2, -0.15) is 0 Å². The summed E-state index contributed by atoms with van der Waals surface area (Å²) < 4.78 is 10.7. The third-order valence-electron chi connectivity index (χ3n) is 6.23. The number of nitrogens with one attached hydrogen (secondary N) is 2. The minimum absolute atomic E-state index is 0.0817. The van der Waals surface area contributed by atoms with Gasteiger partial charge in [0.1, 0.15) is 17.8 Å². The molecule has 0 bridgehead atoms. The Kier molecular flexibility index (Phi) is 8.85. The first-order chi connectivity index (χ1) is 18.3. The smallest absolute Gasteiger partial charge is 0.263 e. The van der Waals surface area contributed by atoms with E-state index in [9.17, 15) is 9.59 Å². The van der Waals surface area contributed by atoms with Crippen LogP contribution in [0.15, 0.2) is 47.3 Å². The van der Waals surface area contributed by atoms with Crippen LogP contribution in [0.3, 0.4) is 0 Å². The van der Waals surface area contributed by atoms with Gasteiger partial charge >= 0.3 is 0 Å². The van der Waals surface area contributed by atoms with Crippen molar-refractivity contribution in [1.82, 2.24) is 30.2 Å². The molecule has 0 fully saturated rings. The highest BCUT2D eigenvalue weighted by atomic mass is 16.5. The number of benzene rings is 1. The number of Topliss-reactive ketones (excluding diaryl/α,β-unsaturated/α-hetero) is 1. The first-order valence-electron chi connectivity index (χ1n) is 12.7. The molecule has 10 nitrogen and oxygen atoms in total. The number of imidazole rings is 1. The average molecular weight is 519 g/mol. The van der Waals surface area contributed by atoms with Gasteiger partial charge in [-0.1, -0.05) is 18.9 Å². The van der Waals surface area contributed by atoms with Gasteiger partial charge in [0.05, 0.1) is 43.3 Å². The van der Waals surface area contributed by atoms with Crippen molar-refractivity contribution in [3.63, 3.8) is 0 Å². The Labute approximate surface area is 221 Å². The lowest BCUT2D eigenvalue weighted by Gasteiger charge is -2.18. The molecule has 0 aliphatic rings. The van der Waals surface area contributed by atoms with Gasteiger partial charge in [0, 0.05) is 29.1 Å². The number of aryl methyl sites for hydroxylation is 1. The van der Waals surface area contributed by atoms with Gasteiger partial charge in [0.15, 0.2) is 0 Å². The summed E-state index contributed by atoms with van der Waals surface area (Å²) in [6.45, 7) is 2.24. The lowest BCUT2D eigenvalue weighted by molar-refractivity contribution is -0.122. The molecule has 2 N–H and O–H groups in total. The topological polar surface area (TPSA) is 126 Å². The highest BCUT2D eigenvalue weighted by Gasteiger charge is 2.20. The molecule has 4 aromatic rings. The van der Waals surface area contributed by atoms with Crippen molar-refractivity contribution in [2.75, 3.05) is 27.7 Å². The second-order valence-corrected chi connectivity index (χ2v) is 9.60. The largest absolute Gasteiger partial charge is 0.496 e. The summed E-state index contributed by atoms with van der Waals surface area (Å²) in [6, 6.07) is 7.67. The first-order valence-corrected chi connectivity index (χ1v) is 12.7. The van der Waals surface area contributed by atoms with E-state index in [0.29, 0.717) is 30.8 Å². The van der Waals surface area contributed by atoms with Gasteiger partial charge in [-0.3, -0.25) is 14.6 Å². The molecule has 1 amide bonds. The Bertz CT molecular complexity index is 1380. The third kappa shape index (κ3) is 6.83. The zero-order valence-corrected chi connectivity index (χ0v) is 22.3. The number of oxazole rings is 1. The maximum atomic E-state index is 12.6. The number of hydrogen-bond acceptors (Lipinski definition) is 8. The standard InChI is InChI=1S/C28H34N6O4/c1-18-10-11-19-14-20(25(37-4)15-22(19)31-18)23-16-30-27(33-23)21(32-26(36)17-34(2)3)8-6-5-7-9-24(35)28-29-12-13-38-28/h10-16,21H,5-9,17H2,1-4H3,(H,30,33)(H,32,36)/t21-/m0/s1. The molecule has 0 saturated heterocycles. The number of carbonyl (C=O) groups excluding carboxylic acids is 2. The van der Waals surface area contributed by atoms with Crippen molar-refractivity contribution in [2.45, 2.75) is 45.1 Å². The molecular weight excluding hydrogens is 484 g/mol. The monoisotopic (exact) mass is 518 g/mol. The van der Waals surface area contributed by atoms with E-state index in [0.717, 1.165) is 40.7 Å². The molecule has 38 heavy (non-hydrogen) atoms. The van der Waals surface area contributed by atoms with E-state index in [1.807, 2.05) is 50.2 Å². The summed E-state index contributed by atoms with van der Waals surface area (Å²) in [5, 5.41) is 4.11. The molecule has 4 rings (SSSR count). The number of unbranched alkanes of at least 4 members (excludes halogenated alkanes) is 2. The Morgan fingerprint density at radius 2 is 2.00 bits per heavy atom. The number of ether oxygens (including phenoxy) is 1. The van der Waals surface area contributed by atoms with Gasteiger partial charge in [-0.25, -0.2) is 9.97 Å². The number of ketones is 1. The molecule has 1 atom stereocenters. The van der Waals surface area contributed by atoms with Crippen LogP contribution in [0, 0.1) is 6.92 Å². The zero-order chi connectivity index (χ0) is 27.1. The van der Waals surface area contributed by atoms with Crippen molar-refractivity contribution in [3.05, 3.63) is 60.3 Å². The van der Waals surface area contributed by atoms with E-state index in [-0.39, 0.29) is 30.2 Å². The Balaban J connectivity index is 1.47. The van der Waals surface area contributed by atoms with Crippen LogP contribution in [0.4, 0.5) is 0 Å². The number of aromatic nitrogens is 4. The molecule has 10 heteroatoms. The van der Waals surface area contributed by atoms with E-state index >= 15 is 0 Å². The molecule has 3 heterocycles. The fraction of sp³-hybridized carbons (Fsp3) is 0.393.